The van der Waals surface area contributed by atoms with Crippen LogP contribution in [0.25, 0.3) is 32.9 Å². The van der Waals surface area contributed by atoms with E-state index in [0.717, 1.165) is 4.57 Å². The van der Waals surface area contributed by atoms with Gasteiger partial charge in [-0.15, -0.1) is 4.95 Å². The molecule has 1 aromatic carbocycles. The van der Waals surface area contributed by atoms with Crippen molar-refractivity contribution in [1.82, 2.24) is 24.4 Å². The molecule has 12 nitrogen and oxygen atoms in total. The lowest BCUT2D eigenvalue weighted by molar-refractivity contribution is -0.128. The second-order valence-corrected chi connectivity index (χ2v) is 14.7. The molecule has 4 aromatic rings. The Bertz CT molecular complexity index is 2240. The molecule has 0 aliphatic carbocycles. The van der Waals surface area contributed by atoms with Gasteiger partial charge in [-0.2, -0.15) is 11.6 Å². The zero-order valence-corrected chi connectivity index (χ0v) is 28.3. The molecule has 6 rings (SSSR count). The quantitative estimate of drug-likeness (QED) is 0.174. The SMILES string of the molecule is [C-]#[N+]N=S1(=O)CCCNc2cccc(F)c2-c2nc3c(cc2F)c(N2C[C@@H](C)N(C(=O)C=C)C[C@@H]2C)nc(=O)n3-c2c1ccnc2C(C)C. The number of benzene rings is 1. The van der Waals surface area contributed by atoms with E-state index in [1.165, 1.54) is 36.5 Å². The summed E-state index contributed by atoms with van der Waals surface area (Å²) in [6.07, 6.45) is 2.93. The number of halogens is 2. The van der Waals surface area contributed by atoms with Gasteiger partial charge < -0.3 is 15.1 Å². The van der Waals surface area contributed by atoms with E-state index >= 15 is 8.78 Å². The number of hydrogen-bond donors (Lipinski definition) is 1. The number of aromatic nitrogens is 4. The molecule has 0 saturated carbocycles. The van der Waals surface area contributed by atoms with Gasteiger partial charge in [-0.25, -0.2) is 27.3 Å². The van der Waals surface area contributed by atoms with Gasteiger partial charge in [0.2, 0.25) is 5.91 Å². The van der Waals surface area contributed by atoms with Crippen LogP contribution in [0.15, 0.2) is 63.3 Å². The minimum absolute atomic E-state index is 0.0759. The van der Waals surface area contributed by atoms with Gasteiger partial charge in [0.25, 0.3) is 0 Å². The van der Waals surface area contributed by atoms with Crippen molar-refractivity contribution in [2.24, 2.45) is 4.47 Å². The molecule has 1 saturated heterocycles. The first-order valence-electron chi connectivity index (χ1n) is 15.9. The van der Waals surface area contributed by atoms with Crippen LogP contribution in [0.1, 0.15) is 45.7 Å². The third kappa shape index (κ3) is 5.79. The van der Waals surface area contributed by atoms with E-state index in [4.69, 9.17) is 6.57 Å². The Morgan fingerprint density at radius 1 is 1.18 bits per heavy atom. The van der Waals surface area contributed by atoms with E-state index in [2.05, 4.69) is 36.3 Å². The number of rotatable bonds is 3. The average Bonchev–Trinajstić information content (AvgIpc) is 3.07. The molecule has 2 aliphatic rings. The van der Waals surface area contributed by atoms with Gasteiger partial charge >= 0.3 is 5.69 Å². The summed E-state index contributed by atoms with van der Waals surface area (Å²) in [5.74, 6) is -2.11. The number of hydrogen-bond acceptors (Lipinski definition) is 9. The van der Waals surface area contributed by atoms with Crippen LogP contribution in [-0.2, 0) is 14.5 Å². The second kappa shape index (κ2) is 13.0. The van der Waals surface area contributed by atoms with Crippen LogP contribution in [0.5, 0.6) is 0 Å². The van der Waals surface area contributed by atoms with Gasteiger partial charge in [-0.05, 0) is 56.5 Å². The van der Waals surface area contributed by atoms with Gasteiger partial charge in [0, 0.05) is 49.4 Å². The van der Waals surface area contributed by atoms with Crippen molar-refractivity contribution in [3.05, 3.63) is 88.5 Å². The molecule has 1 fully saturated rings. The fraction of sp³-hybridized carbons (Fsp3) is 0.353. The first kappa shape index (κ1) is 33.7. The number of nitrogens with one attached hydrogen (secondary N) is 1. The Kier molecular flexibility index (Phi) is 8.93. The highest BCUT2D eigenvalue weighted by molar-refractivity contribution is 7.93. The lowest BCUT2D eigenvalue weighted by Gasteiger charge is -2.44. The van der Waals surface area contributed by atoms with E-state index in [1.807, 2.05) is 32.6 Å². The van der Waals surface area contributed by atoms with Crippen molar-refractivity contribution in [1.29, 1.82) is 0 Å². The van der Waals surface area contributed by atoms with Crippen molar-refractivity contribution in [3.8, 4) is 16.9 Å². The molecule has 0 spiro atoms. The van der Waals surface area contributed by atoms with Gasteiger partial charge in [0.1, 0.15) is 21.8 Å². The maximum Gasteiger partial charge on any atom is 0.355 e. The van der Waals surface area contributed by atoms with Crippen LogP contribution in [0.4, 0.5) is 20.3 Å². The molecule has 3 atom stereocenters. The first-order chi connectivity index (χ1) is 23.4. The fourth-order valence-electron chi connectivity index (χ4n) is 6.57. The summed E-state index contributed by atoms with van der Waals surface area (Å²) in [4.78, 5) is 47.5. The molecule has 15 heteroatoms. The monoisotopic (exact) mass is 687 g/mol. The van der Waals surface area contributed by atoms with Crippen molar-refractivity contribution >= 4 is 38.2 Å². The van der Waals surface area contributed by atoms with Crippen LogP contribution in [0, 0.1) is 18.2 Å². The van der Waals surface area contributed by atoms with Crippen LogP contribution in [0.3, 0.4) is 0 Å². The summed E-state index contributed by atoms with van der Waals surface area (Å²) >= 11 is 0. The maximum atomic E-state index is 16.4. The van der Waals surface area contributed by atoms with E-state index in [1.54, 1.807) is 11.0 Å². The van der Waals surface area contributed by atoms with Crippen LogP contribution in [0.2, 0.25) is 0 Å². The third-order valence-corrected chi connectivity index (χ3v) is 11.1. The highest BCUT2D eigenvalue weighted by Crippen LogP contribution is 2.38. The summed E-state index contributed by atoms with van der Waals surface area (Å²) < 4.78 is 51.8. The zero-order chi connectivity index (χ0) is 35.2. The van der Waals surface area contributed by atoms with Crippen molar-refractivity contribution in [3.63, 3.8) is 0 Å². The molecule has 2 bridgehead atoms. The smallest absolute Gasteiger partial charge is 0.355 e. The highest BCUT2D eigenvalue weighted by Gasteiger charge is 2.35. The van der Waals surface area contributed by atoms with Crippen LogP contribution < -0.4 is 15.9 Å². The number of anilines is 2. The van der Waals surface area contributed by atoms with Gasteiger partial charge in [0.05, 0.1) is 27.2 Å². The molecular formula is C34H35F2N9O3S. The molecule has 254 valence electrons. The minimum atomic E-state index is -3.49. The lowest BCUT2D eigenvalue weighted by atomic mass is 10.0. The molecule has 1 unspecified atom stereocenters. The summed E-state index contributed by atoms with van der Waals surface area (Å²) in [5, 5.41) is 3.24. The third-order valence-electron chi connectivity index (χ3n) is 8.88. The normalized spacial score (nSPS) is 20.7. The molecule has 49 heavy (non-hydrogen) atoms. The predicted molar refractivity (Wildman–Crippen MR) is 184 cm³/mol. The zero-order valence-electron chi connectivity index (χ0n) is 27.5. The van der Waals surface area contributed by atoms with Gasteiger partial charge in [-0.3, -0.25) is 9.78 Å². The maximum absolute atomic E-state index is 16.4. The molecule has 5 heterocycles. The summed E-state index contributed by atoms with van der Waals surface area (Å²) in [5.41, 5.74) is -0.714. The minimum Gasteiger partial charge on any atom is -0.384 e. The topological polar surface area (TPSA) is 130 Å². The molecule has 3 aromatic heterocycles. The number of carbonyl (C=O) groups is 1. The number of amides is 1. The Hall–Kier alpha value is -5.23. The first-order valence-corrected chi connectivity index (χ1v) is 17.5. The molecule has 0 radical (unpaired) electrons. The van der Waals surface area contributed by atoms with E-state index in [-0.39, 0.29) is 100 Å². The van der Waals surface area contributed by atoms with Crippen molar-refractivity contribution < 1.29 is 17.8 Å². The Balaban J connectivity index is 1.76. The largest absolute Gasteiger partial charge is 0.384 e. The van der Waals surface area contributed by atoms with Crippen LogP contribution >= 0.6 is 0 Å². The summed E-state index contributed by atoms with van der Waals surface area (Å²) in [6.45, 7) is 19.2. The molecule has 2 aliphatic heterocycles. The summed E-state index contributed by atoms with van der Waals surface area (Å²) in [7, 11) is -3.49. The predicted octanol–water partition coefficient (Wildman–Crippen LogP) is 5.33. The highest BCUT2D eigenvalue weighted by atomic mass is 32.2. The number of nitrogens with zero attached hydrogens (tertiary/aromatic N) is 8. The Morgan fingerprint density at radius 3 is 2.67 bits per heavy atom. The van der Waals surface area contributed by atoms with Gasteiger partial charge in [0.15, 0.2) is 21.2 Å². The molecule has 1 amide bonds. The van der Waals surface area contributed by atoms with E-state index in [0.29, 0.717) is 5.69 Å². The van der Waals surface area contributed by atoms with Crippen molar-refractivity contribution in [2.45, 2.75) is 57.0 Å². The van der Waals surface area contributed by atoms with E-state index < -0.39 is 27.1 Å². The van der Waals surface area contributed by atoms with Crippen LogP contribution in [-0.4, -0.2) is 72.0 Å². The van der Waals surface area contributed by atoms with Gasteiger partial charge in [-0.1, -0.05) is 26.5 Å². The van der Waals surface area contributed by atoms with Crippen molar-refractivity contribution in [2.75, 3.05) is 35.6 Å². The Labute approximate surface area is 282 Å². The second-order valence-electron chi connectivity index (χ2n) is 12.5. The number of carbonyl (C=O) groups excluding carboxylic acids is 1. The number of fused-ring (bicyclic) bond motifs is 5. The standard InChI is InChI=1S/C34H35F2N9O3S/c1-7-27(46)43-17-21(5)44(18-20(43)4)32-22-16-24(36)30-28-23(35)10-8-11-25(28)38-13-9-15-49(48,42-37-6)26-12-14-39-29(19(2)3)31(26)45(33(22)40-30)34(47)41-32/h7-8,10-12,14,16,19-21,38H,1,9,13,15,17-18H2,2-5H3/t20-,21+,49?/m1/s1. The number of piperazine rings is 1. The molecular weight excluding hydrogens is 652 g/mol. The lowest BCUT2D eigenvalue weighted by Crippen LogP contribution is -2.58. The summed E-state index contributed by atoms with van der Waals surface area (Å²) in [6, 6.07) is 6.22. The Morgan fingerprint density at radius 2 is 1.96 bits per heavy atom. The average molecular weight is 688 g/mol. The molecule has 1 N–H and O–H groups in total. The fourth-order valence-corrected chi connectivity index (χ4v) is 8.40. The number of pyridine rings is 2. The van der Waals surface area contributed by atoms with E-state index in [9.17, 15) is 13.8 Å².